The summed E-state index contributed by atoms with van der Waals surface area (Å²) in [6.07, 6.45) is 9.47. The third-order valence-corrected chi connectivity index (χ3v) is 12.1. The first kappa shape index (κ1) is 44.2. The lowest BCUT2D eigenvalue weighted by molar-refractivity contribution is -0.197. The molecule has 5 rings (SSSR count). The van der Waals surface area contributed by atoms with Gasteiger partial charge in [-0.25, -0.2) is 9.37 Å². The van der Waals surface area contributed by atoms with E-state index in [-0.39, 0.29) is 55.4 Å². The Morgan fingerprint density at radius 3 is 2.26 bits per heavy atom. The smallest absolute Gasteiger partial charge is 0.333 e. The number of rotatable bonds is 15. The molecule has 1 saturated heterocycles. The molecule has 1 aromatic carbocycles. The summed E-state index contributed by atoms with van der Waals surface area (Å²) in [6.45, 7) is 14.1. The molecule has 1 aromatic rings. The van der Waals surface area contributed by atoms with Crippen LogP contribution in [0.3, 0.4) is 0 Å². The summed E-state index contributed by atoms with van der Waals surface area (Å²) in [4.78, 5) is 43.3. The maximum absolute atomic E-state index is 12.8. The fourth-order valence-electron chi connectivity index (χ4n) is 7.36. The number of carbonyl (C=O) groups excluding carboxylic acids is 3. The van der Waals surface area contributed by atoms with Crippen LogP contribution >= 0.6 is 0 Å². The van der Waals surface area contributed by atoms with Crippen molar-refractivity contribution < 1.29 is 49.6 Å². The zero-order valence-corrected chi connectivity index (χ0v) is 35.4. The van der Waals surface area contributed by atoms with Gasteiger partial charge in [-0.15, -0.1) is 5.06 Å². The highest BCUT2D eigenvalue weighted by Gasteiger charge is 2.44. The SMILES string of the molecule is CC[N+](CC)=c1ccc2c(C=CC=CC=C3N(CCCS(=O)(=O)O)c4ccc(S(=O)(=O)O)cc4C3(C)CCCC(=O)ON3C(=O)CCC3=O)cc(C(C)(C)C)oc-2c1. The van der Waals surface area contributed by atoms with Crippen LogP contribution in [0.25, 0.3) is 17.4 Å². The van der Waals surface area contributed by atoms with Crippen LogP contribution < -0.4 is 14.8 Å². The van der Waals surface area contributed by atoms with Gasteiger partial charge in [-0.05, 0) is 87.6 Å². The zero-order chi connectivity index (χ0) is 42.6. The maximum atomic E-state index is 12.8. The molecular formula is C42H52N3O11S2+. The monoisotopic (exact) mass is 838 g/mol. The van der Waals surface area contributed by atoms with Gasteiger partial charge in [0.1, 0.15) is 24.6 Å². The van der Waals surface area contributed by atoms with E-state index in [0.29, 0.717) is 22.0 Å². The first-order valence-corrected chi connectivity index (χ1v) is 22.3. The van der Waals surface area contributed by atoms with E-state index in [1.165, 1.54) is 18.2 Å². The van der Waals surface area contributed by atoms with Crippen molar-refractivity contribution in [2.75, 3.05) is 30.3 Å². The third-order valence-electron chi connectivity index (χ3n) is 10.5. The number of hydrogen-bond donors (Lipinski definition) is 2. The summed E-state index contributed by atoms with van der Waals surface area (Å²) < 4.78 is 76.1. The van der Waals surface area contributed by atoms with Crippen molar-refractivity contribution >= 4 is 49.8 Å². The number of benzene rings is 2. The number of hydroxylamine groups is 2. The Balaban J connectivity index is 1.52. The summed E-state index contributed by atoms with van der Waals surface area (Å²) in [5, 5.41) is 1.54. The zero-order valence-electron chi connectivity index (χ0n) is 33.7. The van der Waals surface area contributed by atoms with Crippen LogP contribution in [0.5, 0.6) is 0 Å². The maximum Gasteiger partial charge on any atom is 0.333 e. The highest BCUT2D eigenvalue weighted by molar-refractivity contribution is 7.86. The van der Waals surface area contributed by atoms with Gasteiger partial charge < -0.3 is 14.2 Å². The Labute approximate surface area is 340 Å². The molecular weight excluding hydrogens is 787 g/mol. The molecule has 14 nitrogen and oxygen atoms in total. The van der Waals surface area contributed by atoms with Crippen LogP contribution in [0.1, 0.15) is 97.0 Å². The average molecular weight is 839 g/mol. The normalized spacial score (nSPS) is 18.4. The summed E-state index contributed by atoms with van der Waals surface area (Å²) >= 11 is 0. The van der Waals surface area contributed by atoms with Gasteiger partial charge in [0.2, 0.25) is 5.36 Å². The molecule has 0 spiro atoms. The van der Waals surface area contributed by atoms with Gasteiger partial charge in [0.15, 0.2) is 0 Å². The van der Waals surface area contributed by atoms with Crippen molar-refractivity contribution in [2.45, 2.75) is 95.8 Å². The van der Waals surface area contributed by atoms with E-state index >= 15 is 0 Å². The van der Waals surface area contributed by atoms with Crippen LogP contribution in [0.15, 0.2) is 81.8 Å². The molecule has 1 atom stereocenters. The first-order valence-electron chi connectivity index (χ1n) is 19.3. The number of anilines is 1. The molecule has 0 aromatic heterocycles. The number of hydrogen-bond acceptors (Lipinski definition) is 10. The Bertz CT molecular complexity index is 2420. The van der Waals surface area contributed by atoms with Crippen LogP contribution in [-0.2, 0) is 50.3 Å². The van der Waals surface area contributed by atoms with Crippen LogP contribution in [-0.4, -0.2) is 74.2 Å². The molecule has 3 aliphatic heterocycles. The molecule has 0 bridgehead atoms. The predicted octanol–water partition coefficient (Wildman–Crippen LogP) is 6.03. The van der Waals surface area contributed by atoms with E-state index in [4.69, 9.17) is 9.25 Å². The fraction of sp³-hybridized carbons (Fsp3) is 0.429. The molecule has 4 aliphatic rings. The number of carbonyl (C=O) groups is 3. The van der Waals surface area contributed by atoms with Gasteiger partial charge in [0, 0.05) is 59.7 Å². The minimum atomic E-state index is -4.62. The molecule has 3 heterocycles. The average Bonchev–Trinajstić information content (AvgIpc) is 3.57. The standard InChI is InChI=1S/C42H51N3O11S2/c1-7-43(8-2)30-17-19-32-29(26-37(41(3,4)5)55-35(32)27-30)14-10-9-11-15-36-42(6,23-12-16-40(48)56-45-38(46)21-22-39(45)47)33-28-31(58(52,53)54)18-20-34(33)44(36)24-13-25-57(49,50)51/h9-11,14-15,17-20,26-28H,7-8,12-13,16,21-25H2,1-6H3,(H-,49,50,51,52,53,54)/p+1. The van der Waals surface area contributed by atoms with E-state index in [2.05, 4.69) is 51.3 Å². The van der Waals surface area contributed by atoms with Crippen molar-refractivity contribution in [1.29, 1.82) is 0 Å². The molecule has 0 radical (unpaired) electrons. The van der Waals surface area contributed by atoms with E-state index in [1.807, 2.05) is 48.3 Å². The van der Waals surface area contributed by atoms with Crippen LogP contribution in [0.2, 0.25) is 0 Å². The second-order valence-electron chi connectivity index (χ2n) is 15.6. The van der Waals surface area contributed by atoms with Crippen molar-refractivity contribution in [3.8, 4) is 11.3 Å². The molecule has 1 unspecified atom stereocenters. The van der Waals surface area contributed by atoms with Crippen molar-refractivity contribution in [2.24, 2.45) is 0 Å². The Morgan fingerprint density at radius 1 is 0.948 bits per heavy atom. The van der Waals surface area contributed by atoms with Gasteiger partial charge in [-0.3, -0.25) is 18.7 Å². The van der Waals surface area contributed by atoms with E-state index in [0.717, 1.165) is 41.1 Å². The van der Waals surface area contributed by atoms with Crippen molar-refractivity contribution in [3.05, 3.63) is 94.7 Å². The quantitative estimate of drug-likeness (QED) is 0.0784. The number of allylic oxidation sites excluding steroid dienone is 5. The molecule has 1 aliphatic carbocycles. The van der Waals surface area contributed by atoms with Gasteiger partial charge in [-0.1, -0.05) is 45.1 Å². The number of amides is 2. The minimum absolute atomic E-state index is 0.0256. The minimum Gasteiger partial charge on any atom is -0.460 e. The summed E-state index contributed by atoms with van der Waals surface area (Å²) in [5.41, 5.74) is 2.30. The molecule has 1 fully saturated rings. The van der Waals surface area contributed by atoms with Gasteiger partial charge >= 0.3 is 5.97 Å². The lowest BCUT2D eigenvalue weighted by atomic mass is 9.77. The molecule has 2 N–H and O–H groups in total. The lowest BCUT2D eigenvalue weighted by Gasteiger charge is -2.30. The molecule has 58 heavy (non-hydrogen) atoms. The molecule has 16 heteroatoms. The number of nitrogens with zero attached hydrogens (tertiary/aromatic N) is 3. The van der Waals surface area contributed by atoms with Gasteiger partial charge in [0.05, 0.1) is 16.7 Å². The van der Waals surface area contributed by atoms with Crippen molar-refractivity contribution in [3.63, 3.8) is 0 Å². The van der Waals surface area contributed by atoms with Gasteiger partial charge in [-0.2, -0.15) is 16.8 Å². The van der Waals surface area contributed by atoms with Crippen LogP contribution in [0.4, 0.5) is 5.69 Å². The topological polar surface area (TPSA) is 192 Å². The van der Waals surface area contributed by atoms with Crippen LogP contribution in [0, 0.1) is 0 Å². The number of fused-ring (bicyclic) bond motifs is 2. The van der Waals surface area contributed by atoms with Crippen molar-refractivity contribution in [1.82, 2.24) is 9.64 Å². The summed E-state index contributed by atoms with van der Waals surface area (Å²) in [5.74, 6) is -0.946. The highest BCUT2D eigenvalue weighted by Crippen LogP contribution is 2.51. The molecule has 0 saturated carbocycles. The largest absolute Gasteiger partial charge is 0.460 e. The fourth-order valence-corrected chi connectivity index (χ4v) is 8.36. The van der Waals surface area contributed by atoms with Gasteiger partial charge in [0.25, 0.3) is 32.1 Å². The molecule has 312 valence electrons. The lowest BCUT2D eigenvalue weighted by Crippen LogP contribution is -2.32. The summed E-state index contributed by atoms with van der Waals surface area (Å²) in [6, 6.07) is 12.3. The Hall–Kier alpha value is -4.90. The first-order chi connectivity index (χ1) is 27.2. The third kappa shape index (κ3) is 10.2. The Morgan fingerprint density at radius 2 is 1.64 bits per heavy atom. The molecule has 2 amide bonds. The second kappa shape index (κ2) is 17.5. The van der Waals surface area contributed by atoms with E-state index in [9.17, 15) is 40.3 Å². The van der Waals surface area contributed by atoms with E-state index < -0.39 is 49.2 Å². The highest BCUT2D eigenvalue weighted by atomic mass is 32.2. The predicted molar refractivity (Wildman–Crippen MR) is 220 cm³/mol. The number of imide groups is 1. The van der Waals surface area contributed by atoms with E-state index in [1.54, 1.807) is 6.08 Å². The Kier molecular flexibility index (Phi) is 13.4. The summed E-state index contributed by atoms with van der Waals surface area (Å²) in [7, 11) is -8.91. The second-order valence-corrected chi connectivity index (χ2v) is 18.6.